The molecular formula is C13H13N5O2. The summed E-state index contributed by atoms with van der Waals surface area (Å²) in [7, 11) is 0. The van der Waals surface area contributed by atoms with E-state index in [1.807, 2.05) is 38.1 Å². The summed E-state index contributed by atoms with van der Waals surface area (Å²) in [6.45, 7) is 4.39. The lowest BCUT2D eigenvalue weighted by Crippen LogP contribution is -2.03. The average Bonchev–Trinajstić information content (AvgIpc) is 2.89. The van der Waals surface area contributed by atoms with Crippen molar-refractivity contribution in [1.29, 1.82) is 0 Å². The second kappa shape index (κ2) is 5.12. The summed E-state index contributed by atoms with van der Waals surface area (Å²) >= 11 is 0. The van der Waals surface area contributed by atoms with Gasteiger partial charge in [-0.15, -0.1) is 0 Å². The maximum absolute atomic E-state index is 5.46. The van der Waals surface area contributed by atoms with Crippen molar-refractivity contribution >= 4 is 22.8 Å². The largest absolute Gasteiger partial charge is 0.475 e. The Hall–Kier alpha value is -2.70. The molecule has 0 saturated heterocycles. The third kappa shape index (κ3) is 2.37. The Morgan fingerprint density at radius 1 is 1.10 bits per heavy atom. The van der Waals surface area contributed by atoms with Gasteiger partial charge >= 0.3 is 0 Å². The van der Waals surface area contributed by atoms with Crippen LogP contribution in [0, 0.1) is 6.92 Å². The van der Waals surface area contributed by atoms with E-state index in [-0.39, 0.29) is 0 Å². The molecule has 0 bridgehead atoms. The molecule has 7 nitrogen and oxygen atoms in total. The van der Waals surface area contributed by atoms with Crippen LogP contribution in [0.5, 0.6) is 5.88 Å². The number of nitrogens with one attached hydrogen (secondary N) is 1. The predicted molar refractivity (Wildman–Crippen MR) is 73.0 cm³/mol. The molecule has 0 spiro atoms. The fourth-order valence-corrected chi connectivity index (χ4v) is 1.72. The highest BCUT2D eigenvalue weighted by molar-refractivity contribution is 5.71. The highest BCUT2D eigenvalue weighted by atomic mass is 16.6. The molecule has 0 aliphatic heterocycles. The van der Waals surface area contributed by atoms with Crippen molar-refractivity contribution in [3.8, 4) is 5.88 Å². The van der Waals surface area contributed by atoms with E-state index in [9.17, 15) is 0 Å². The van der Waals surface area contributed by atoms with Crippen molar-refractivity contribution in [2.45, 2.75) is 13.8 Å². The topological polar surface area (TPSA) is 86.0 Å². The van der Waals surface area contributed by atoms with E-state index in [0.29, 0.717) is 29.6 Å². The standard InChI is InChI=1S/C13H13N5O2/c1-3-19-13-12(14-9-6-4-8(2)5-7-9)15-10-11(16-13)18-20-17-10/h4-7H,3H2,1-2H3,(H,14,15,17). The molecule has 2 heterocycles. The monoisotopic (exact) mass is 271 g/mol. The molecule has 0 atom stereocenters. The second-order valence-corrected chi connectivity index (χ2v) is 4.21. The first-order valence-corrected chi connectivity index (χ1v) is 6.23. The van der Waals surface area contributed by atoms with Gasteiger partial charge in [-0.25, -0.2) is 4.63 Å². The first-order valence-electron chi connectivity index (χ1n) is 6.23. The first-order chi connectivity index (χ1) is 9.76. The molecule has 0 aliphatic carbocycles. The maximum atomic E-state index is 5.46. The number of anilines is 2. The molecule has 20 heavy (non-hydrogen) atoms. The van der Waals surface area contributed by atoms with Crippen LogP contribution in [-0.4, -0.2) is 26.9 Å². The van der Waals surface area contributed by atoms with Gasteiger partial charge in [0, 0.05) is 5.69 Å². The first kappa shape index (κ1) is 12.3. The number of rotatable bonds is 4. The molecule has 0 aliphatic rings. The fourth-order valence-electron chi connectivity index (χ4n) is 1.72. The molecule has 7 heteroatoms. The zero-order chi connectivity index (χ0) is 13.9. The Morgan fingerprint density at radius 3 is 2.50 bits per heavy atom. The lowest BCUT2D eigenvalue weighted by Gasteiger charge is -2.09. The molecule has 0 saturated carbocycles. The van der Waals surface area contributed by atoms with E-state index >= 15 is 0 Å². The van der Waals surface area contributed by atoms with Crippen molar-refractivity contribution in [1.82, 2.24) is 20.3 Å². The molecule has 102 valence electrons. The molecule has 2 aromatic heterocycles. The minimum atomic E-state index is 0.322. The minimum Gasteiger partial charge on any atom is -0.475 e. The van der Waals surface area contributed by atoms with E-state index in [0.717, 1.165) is 5.69 Å². The molecule has 0 fully saturated rings. The highest BCUT2D eigenvalue weighted by Crippen LogP contribution is 2.25. The maximum Gasteiger partial charge on any atom is 0.260 e. The van der Waals surface area contributed by atoms with Crippen molar-refractivity contribution in [3.05, 3.63) is 29.8 Å². The van der Waals surface area contributed by atoms with Crippen LogP contribution in [0.15, 0.2) is 28.9 Å². The van der Waals surface area contributed by atoms with Gasteiger partial charge in [0.15, 0.2) is 5.82 Å². The number of ether oxygens (including phenoxy) is 1. The van der Waals surface area contributed by atoms with Gasteiger partial charge in [0.1, 0.15) is 0 Å². The Labute approximate surface area is 115 Å². The smallest absolute Gasteiger partial charge is 0.260 e. The summed E-state index contributed by atoms with van der Waals surface area (Å²) in [4.78, 5) is 8.53. The third-order valence-electron chi connectivity index (χ3n) is 2.68. The van der Waals surface area contributed by atoms with Crippen molar-refractivity contribution in [3.63, 3.8) is 0 Å². The van der Waals surface area contributed by atoms with E-state index in [1.165, 1.54) is 5.56 Å². The number of benzene rings is 1. The van der Waals surface area contributed by atoms with E-state index in [4.69, 9.17) is 4.74 Å². The minimum absolute atomic E-state index is 0.322. The molecule has 0 unspecified atom stereocenters. The highest BCUT2D eigenvalue weighted by Gasteiger charge is 2.13. The summed E-state index contributed by atoms with van der Waals surface area (Å²) in [5.74, 6) is 0.857. The van der Waals surface area contributed by atoms with Crippen LogP contribution < -0.4 is 10.1 Å². The van der Waals surface area contributed by atoms with Gasteiger partial charge in [-0.05, 0) is 36.3 Å². The molecule has 3 aromatic rings. The van der Waals surface area contributed by atoms with Crippen LogP contribution in [0.3, 0.4) is 0 Å². The van der Waals surface area contributed by atoms with Gasteiger partial charge in [0.05, 0.1) is 6.61 Å². The number of hydrogen-bond donors (Lipinski definition) is 1. The number of nitrogens with zero attached hydrogens (tertiary/aromatic N) is 4. The van der Waals surface area contributed by atoms with Crippen LogP contribution in [-0.2, 0) is 0 Å². The van der Waals surface area contributed by atoms with Crippen molar-refractivity contribution in [2.75, 3.05) is 11.9 Å². The molecule has 1 aromatic carbocycles. The summed E-state index contributed by atoms with van der Waals surface area (Å²) in [5.41, 5.74) is 2.73. The predicted octanol–water partition coefficient (Wildman–Crippen LogP) is 2.46. The SMILES string of the molecule is CCOc1nc2nonc2nc1Nc1ccc(C)cc1. The summed E-state index contributed by atoms with van der Waals surface area (Å²) < 4.78 is 10.1. The zero-order valence-electron chi connectivity index (χ0n) is 11.1. The van der Waals surface area contributed by atoms with Gasteiger partial charge in [0.25, 0.3) is 5.88 Å². The molecule has 1 N–H and O–H groups in total. The van der Waals surface area contributed by atoms with Crippen LogP contribution in [0.4, 0.5) is 11.5 Å². The number of fused-ring (bicyclic) bond motifs is 1. The summed E-state index contributed by atoms with van der Waals surface area (Å²) in [5, 5.41) is 10.5. The van der Waals surface area contributed by atoms with Crippen LogP contribution >= 0.6 is 0 Å². The summed E-state index contributed by atoms with van der Waals surface area (Å²) in [6, 6.07) is 7.93. The third-order valence-corrected chi connectivity index (χ3v) is 2.68. The van der Waals surface area contributed by atoms with Crippen molar-refractivity contribution in [2.24, 2.45) is 0 Å². The fraction of sp³-hybridized carbons (Fsp3) is 0.231. The van der Waals surface area contributed by atoms with Gasteiger partial charge in [-0.1, -0.05) is 17.7 Å². The number of aromatic nitrogens is 4. The quantitative estimate of drug-likeness (QED) is 0.779. The Balaban J connectivity index is 1.99. The molecule has 0 amide bonds. The summed E-state index contributed by atoms with van der Waals surface area (Å²) in [6.07, 6.45) is 0. The van der Waals surface area contributed by atoms with E-state index in [1.54, 1.807) is 0 Å². The van der Waals surface area contributed by atoms with Gasteiger partial charge < -0.3 is 10.1 Å². The molecule has 3 rings (SSSR count). The molecule has 0 radical (unpaired) electrons. The lowest BCUT2D eigenvalue weighted by molar-refractivity contribution is 0.312. The Morgan fingerprint density at radius 2 is 1.80 bits per heavy atom. The van der Waals surface area contributed by atoms with Gasteiger partial charge in [-0.2, -0.15) is 9.97 Å². The average molecular weight is 271 g/mol. The van der Waals surface area contributed by atoms with Crippen LogP contribution in [0.2, 0.25) is 0 Å². The van der Waals surface area contributed by atoms with Gasteiger partial charge in [-0.3, -0.25) is 0 Å². The van der Waals surface area contributed by atoms with E-state index < -0.39 is 0 Å². The second-order valence-electron chi connectivity index (χ2n) is 4.21. The normalized spacial score (nSPS) is 10.7. The zero-order valence-corrected chi connectivity index (χ0v) is 11.1. The van der Waals surface area contributed by atoms with Crippen LogP contribution in [0.1, 0.15) is 12.5 Å². The van der Waals surface area contributed by atoms with Crippen LogP contribution in [0.25, 0.3) is 11.3 Å². The van der Waals surface area contributed by atoms with E-state index in [2.05, 4.69) is 30.2 Å². The van der Waals surface area contributed by atoms with Gasteiger partial charge in [0.2, 0.25) is 11.3 Å². The number of hydrogen-bond acceptors (Lipinski definition) is 7. The Kier molecular flexibility index (Phi) is 3.16. The Bertz CT molecular complexity index is 723. The lowest BCUT2D eigenvalue weighted by atomic mass is 10.2. The molecular weight excluding hydrogens is 258 g/mol. The number of aryl methyl sites for hydroxylation is 1. The van der Waals surface area contributed by atoms with Crippen molar-refractivity contribution < 1.29 is 9.37 Å².